The minimum absolute atomic E-state index is 0.0658. The van der Waals surface area contributed by atoms with Gasteiger partial charge >= 0.3 is 0 Å². The van der Waals surface area contributed by atoms with Gasteiger partial charge < -0.3 is 5.32 Å². The Hall–Kier alpha value is -1.86. The summed E-state index contributed by atoms with van der Waals surface area (Å²) in [6.07, 6.45) is 6.26. The maximum atomic E-state index is 13.0. The Balaban J connectivity index is 1.54. The van der Waals surface area contributed by atoms with Crippen LogP contribution in [0, 0.1) is 0 Å². The van der Waals surface area contributed by atoms with Crippen LogP contribution in [0.3, 0.4) is 0 Å². The van der Waals surface area contributed by atoms with Crippen molar-refractivity contribution in [3.8, 4) is 0 Å². The number of anilines is 1. The molecular weight excluding hydrogens is 440 g/mol. The number of carbonyl (C=O) groups excluding carboxylic acids is 1. The van der Waals surface area contributed by atoms with Gasteiger partial charge in [0, 0.05) is 22.6 Å². The van der Waals surface area contributed by atoms with E-state index >= 15 is 0 Å². The van der Waals surface area contributed by atoms with Gasteiger partial charge in [-0.25, -0.2) is 8.42 Å². The molecule has 1 fully saturated rings. The van der Waals surface area contributed by atoms with Crippen molar-refractivity contribution in [2.24, 2.45) is 0 Å². The number of hydrogen-bond acceptors (Lipinski definition) is 3. The van der Waals surface area contributed by atoms with Crippen molar-refractivity contribution in [2.75, 3.05) is 10.8 Å². The van der Waals surface area contributed by atoms with E-state index in [9.17, 15) is 13.2 Å². The minimum atomic E-state index is -3.61. The predicted octanol–water partition coefficient (Wildman–Crippen LogP) is 4.26. The summed E-state index contributed by atoms with van der Waals surface area (Å²) >= 11 is 3.33. The summed E-state index contributed by atoms with van der Waals surface area (Å²) in [5, 5.41) is 3.12. The lowest BCUT2D eigenvalue weighted by Gasteiger charge is -2.23. The standard InChI is InChI=1S/C21H23BrN2O3S/c22-17-7-9-19(10-8-17)28(26,27)24-13-12-15-14-16(6-11-20(15)24)21(25)23-18-4-2-1-3-5-18/h6-11,14,18H,1-5,12-13H2,(H,23,25). The van der Waals surface area contributed by atoms with Crippen molar-refractivity contribution >= 4 is 37.5 Å². The number of sulfonamides is 1. The fraction of sp³-hybridized carbons (Fsp3) is 0.381. The summed E-state index contributed by atoms with van der Waals surface area (Å²) in [5.41, 5.74) is 2.17. The van der Waals surface area contributed by atoms with E-state index in [1.54, 1.807) is 36.4 Å². The van der Waals surface area contributed by atoms with E-state index in [0.717, 1.165) is 35.7 Å². The lowest BCUT2D eigenvalue weighted by molar-refractivity contribution is 0.0927. The second-order valence-corrected chi connectivity index (χ2v) is 10.2. The van der Waals surface area contributed by atoms with Gasteiger partial charge in [0.25, 0.3) is 15.9 Å². The van der Waals surface area contributed by atoms with Gasteiger partial charge in [0.15, 0.2) is 0 Å². The maximum absolute atomic E-state index is 13.0. The van der Waals surface area contributed by atoms with E-state index in [-0.39, 0.29) is 16.8 Å². The van der Waals surface area contributed by atoms with Crippen LogP contribution < -0.4 is 9.62 Å². The summed E-state index contributed by atoms with van der Waals surface area (Å²) in [6.45, 7) is 0.390. The average Bonchev–Trinajstić information content (AvgIpc) is 3.13. The first-order chi connectivity index (χ1) is 13.4. The number of halogens is 1. The van der Waals surface area contributed by atoms with Crippen LogP contribution in [0.5, 0.6) is 0 Å². The SMILES string of the molecule is O=C(NC1CCCCC1)c1ccc2c(c1)CCN2S(=O)(=O)c1ccc(Br)cc1. The second kappa shape index (κ2) is 7.87. The molecule has 148 valence electrons. The summed E-state index contributed by atoms with van der Waals surface area (Å²) in [6, 6.07) is 12.2. The van der Waals surface area contributed by atoms with E-state index in [2.05, 4.69) is 21.2 Å². The highest BCUT2D eigenvalue weighted by Gasteiger charge is 2.31. The predicted molar refractivity (Wildman–Crippen MR) is 113 cm³/mol. The molecule has 4 rings (SSSR count). The number of amides is 1. The third kappa shape index (κ3) is 3.82. The van der Waals surface area contributed by atoms with Gasteiger partial charge in [-0.3, -0.25) is 9.10 Å². The Kier molecular flexibility index (Phi) is 5.47. The molecule has 5 nitrogen and oxygen atoms in total. The molecule has 2 aliphatic rings. The fourth-order valence-corrected chi connectivity index (χ4v) is 5.78. The van der Waals surface area contributed by atoms with Crippen LogP contribution in [0.15, 0.2) is 51.8 Å². The summed E-state index contributed by atoms with van der Waals surface area (Å²) < 4.78 is 28.3. The normalized spacial score (nSPS) is 17.4. The summed E-state index contributed by atoms with van der Waals surface area (Å²) in [5.74, 6) is -0.0658. The zero-order chi connectivity index (χ0) is 19.7. The smallest absolute Gasteiger partial charge is 0.264 e. The van der Waals surface area contributed by atoms with Crippen LogP contribution in [0.25, 0.3) is 0 Å². The monoisotopic (exact) mass is 462 g/mol. The largest absolute Gasteiger partial charge is 0.349 e. The molecule has 1 amide bonds. The van der Waals surface area contributed by atoms with Gasteiger partial charge in [-0.15, -0.1) is 0 Å². The highest BCUT2D eigenvalue weighted by Crippen LogP contribution is 2.34. The van der Waals surface area contributed by atoms with Gasteiger partial charge in [0.2, 0.25) is 0 Å². The van der Waals surface area contributed by atoms with Crippen molar-refractivity contribution < 1.29 is 13.2 Å². The molecule has 0 aromatic heterocycles. The van der Waals surface area contributed by atoms with E-state index in [4.69, 9.17) is 0 Å². The van der Waals surface area contributed by atoms with Crippen molar-refractivity contribution in [1.29, 1.82) is 0 Å². The molecule has 1 N–H and O–H groups in total. The zero-order valence-corrected chi connectivity index (χ0v) is 17.9. The van der Waals surface area contributed by atoms with Crippen LogP contribution >= 0.6 is 15.9 Å². The molecular formula is C21H23BrN2O3S. The number of nitrogens with zero attached hydrogens (tertiary/aromatic N) is 1. The number of hydrogen-bond donors (Lipinski definition) is 1. The van der Waals surface area contributed by atoms with Crippen molar-refractivity contribution in [2.45, 2.75) is 49.5 Å². The lowest BCUT2D eigenvalue weighted by Crippen LogP contribution is -2.36. The Bertz CT molecular complexity index is 983. The minimum Gasteiger partial charge on any atom is -0.349 e. The second-order valence-electron chi connectivity index (χ2n) is 7.43. The number of benzene rings is 2. The molecule has 2 aromatic rings. The molecule has 0 radical (unpaired) electrons. The molecule has 7 heteroatoms. The molecule has 0 saturated heterocycles. The highest BCUT2D eigenvalue weighted by atomic mass is 79.9. The van der Waals surface area contributed by atoms with Crippen molar-refractivity contribution in [3.63, 3.8) is 0 Å². The Morgan fingerprint density at radius 1 is 1.04 bits per heavy atom. The van der Waals surface area contributed by atoms with Crippen LogP contribution in [-0.4, -0.2) is 26.9 Å². The summed E-state index contributed by atoms with van der Waals surface area (Å²) in [7, 11) is -3.61. The van der Waals surface area contributed by atoms with Crippen LogP contribution in [0.4, 0.5) is 5.69 Å². The topological polar surface area (TPSA) is 66.5 Å². The Morgan fingerprint density at radius 3 is 2.46 bits per heavy atom. The van der Waals surface area contributed by atoms with E-state index in [1.165, 1.54) is 10.7 Å². The molecule has 0 atom stereocenters. The molecule has 1 aliphatic heterocycles. The van der Waals surface area contributed by atoms with E-state index in [1.807, 2.05) is 6.07 Å². The summed E-state index contributed by atoms with van der Waals surface area (Å²) in [4.78, 5) is 12.9. The first-order valence-electron chi connectivity index (χ1n) is 9.67. The van der Waals surface area contributed by atoms with E-state index in [0.29, 0.717) is 24.2 Å². The van der Waals surface area contributed by atoms with Gasteiger partial charge in [0.05, 0.1) is 10.6 Å². The molecule has 1 heterocycles. The van der Waals surface area contributed by atoms with Gasteiger partial charge in [0.1, 0.15) is 0 Å². The van der Waals surface area contributed by atoms with Crippen LogP contribution in [0.2, 0.25) is 0 Å². The molecule has 1 aliphatic carbocycles. The van der Waals surface area contributed by atoms with Crippen LogP contribution in [-0.2, 0) is 16.4 Å². The number of fused-ring (bicyclic) bond motifs is 1. The van der Waals surface area contributed by atoms with Crippen molar-refractivity contribution in [3.05, 3.63) is 58.1 Å². The van der Waals surface area contributed by atoms with Gasteiger partial charge in [-0.2, -0.15) is 0 Å². The van der Waals surface area contributed by atoms with Gasteiger partial charge in [-0.1, -0.05) is 35.2 Å². The number of nitrogens with one attached hydrogen (secondary N) is 1. The Labute approximate surface area is 174 Å². The zero-order valence-electron chi connectivity index (χ0n) is 15.5. The number of carbonyl (C=O) groups is 1. The third-order valence-corrected chi connectivity index (χ3v) is 7.89. The highest BCUT2D eigenvalue weighted by molar-refractivity contribution is 9.10. The quantitative estimate of drug-likeness (QED) is 0.737. The molecule has 0 spiro atoms. The molecule has 2 aromatic carbocycles. The van der Waals surface area contributed by atoms with Gasteiger partial charge in [-0.05, 0) is 67.3 Å². The van der Waals surface area contributed by atoms with Crippen molar-refractivity contribution in [1.82, 2.24) is 5.32 Å². The third-order valence-electron chi connectivity index (χ3n) is 5.54. The average molecular weight is 463 g/mol. The van der Waals surface area contributed by atoms with E-state index < -0.39 is 10.0 Å². The fourth-order valence-electron chi connectivity index (χ4n) is 4.01. The van der Waals surface area contributed by atoms with Crippen LogP contribution in [0.1, 0.15) is 48.0 Å². The number of rotatable bonds is 4. The Morgan fingerprint density at radius 2 is 1.75 bits per heavy atom. The first-order valence-corrected chi connectivity index (χ1v) is 11.9. The molecule has 0 unspecified atom stereocenters. The first kappa shape index (κ1) is 19.5. The lowest BCUT2D eigenvalue weighted by atomic mass is 9.95. The maximum Gasteiger partial charge on any atom is 0.264 e. The molecule has 1 saturated carbocycles. The molecule has 28 heavy (non-hydrogen) atoms. The molecule has 0 bridgehead atoms.